The molecule has 100 valence electrons. The number of benzene rings is 1. The summed E-state index contributed by atoms with van der Waals surface area (Å²) in [5.41, 5.74) is -0.333. The van der Waals surface area contributed by atoms with Crippen molar-refractivity contribution in [1.29, 1.82) is 0 Å². The predicted molar refractivity (Wildman–Crippen MR) is 70.8 cm³/mol. The predicted octanol–water partition coefficient (Wildman–Crippen LogP) is 1.85. The van der Waals surface area contributed by atoms with Crippen molar-refractivity contribution in [3.05, 3.63) is 29.3 Å². The molecule has 2 N–H and O–H groups in total. The van der Waals surface area contributed by atoms with Crippen LogP contribution in [0.4, 0.5) is 0 Å². The number of ether oxygens (including phenoxy) is 1. The first-order chi connectivity index (χ1) is 8.44. The summed E-state index contributed by atoms with van der Waals surface area (Å²) in [4.78, 5) is 11.5. The molecule has 0 bridgehead atoms. The smallest absolute Gasteiger partial charge is 0.257 e. The highest BCUT2D eigenvalue weighted by atomic mass is 35.5. The van der Waals surface area contributed by atoms with Crippen LogP contribution < -0.4 is 10.1 Å². The average Bonchev–Trinajstić information content (AvgIpc) is 2.35. The van der Waals surface area contributed by atoms with Gasteiger partial charge in [-0.2, -0.15) is 0 Å². The first kappa shape index (κ1) is 14.8. The van der Waals surface area contributed by atoms with E-state index in [9.17, 15) is 4.79 Å². The van der Waals surface area contributed by atoms with Crippen LogP contribution in [0, 0.1) is 5.41 Å². The molecule has 0 aliphatic carbocycles. The van der Waals surface area contributed by atoms with Crippen molar-refractivity contribution in [1.82, 2.24) is 5.32 Å². The first-order valence-corrected chi connectivity index (χ1v) is 6.07. The molecule has 0 aliphatic rings. The van der Waals surface area contributed by atoms with Gasteiger partial charge in [-0.3, -0.25) is 4.79 Å². The van der Waals surface area contributed by atoms with Gasteiger partial charge in [-0.05, 0) is 12.1 Å². The maximum Gasteiger partial charge on any atom is 0.257 e. The Hall–Kier alpha value is -1.26. The molecule has 0 fully saturated rings. The molecule has 0 spiro atoms. The number of hydrogen-bond acceptors (Lipinski definition) is 3. The van der Waals surface area contributed by atoms with E-state index in [1.807, 2.05) is 13.8 Å². The molecule has 0 saturated carbocycles. The molecule has 0 heterocycles. The Kier molecular flexibility index (Phi) is 5.44. The zero-order valence-corrected chi connectivity index (χ0v) is 11.3. The van der Waals surface area contributed by atoms with Gasteiger partial charge in [0.05, 0.1) is 5.02 Å². The molecule has 0 saturated heterocycles. The minimum Gasteiger partial charge on any atom is -0.482 e. The van der Waals surface area contributed by atoms with E-state index in [1.165, 1.54) is 0 Å². The van der Waals surface area contributed by atoms with Crippen LogP contribution in [0.3, 0.4) is 0 Å². The lowest BCUT2D eigenvalue weighted by atomic mass is 9.95. The van der Waals surface area contributed by atoms with Crippen LogP contribution in [0.15, 0.2) is 24.3 Å². The summed E-state index contributed by atoms with van der Waals surface area (Å²) in [5, 5.41) is 12.2. The van der Waals surface area contributed by atoms with Gasteiger partial charge < -0.3 is 15.2 Å². The summed E-state index contributed by atoms with van der Waals surface area (Å²) in [6.45, 7) is 4.04. The van der Waals surface area contributed by atoms with Crippen molar-refractivity contribution in [3.8, 4) is 5.75 Å². The molecule has 5 heteroatoms. The third-order valence-electron chi connectivity index (χ3n) is 2.39. The third kappa shape index (κ3) is 4.94. The zero-order chi connectivity index (χ0) is 13.6. The summed E-state index contributed by atoms with van der Waals surface area (Å²) >= 11 is 5.89. The number of carbonyl (C=O) groups excluding carboxylic acids is 1. The fourth-order valence-electron chi connectivity index (χ4n) is 1.15. The number of aliphatic hydroxyl groups excluding tert-OH is 1. The van der Waals surface area contributed by atoms with Crippen LogP contribution in [0.5, 0.6) is 5.75 Å². The number of hydrogen-bond donors (Lipinski definition) is 2. The summed E-state index contributed by atoms with van der Waals surface area (Å²) in [7, 11) is 0. The van der Waals surface area contributed by atoms with E-state index in [4.69, 9.17) is 21.4 Å². The van der Waals surface area contributed by atoms with Crippen LogP contribution in [0.2, 0.25) is 5.02 Å². The summed E-state index contributed by atoms with van der Waals surface area (Å²) in [6.07, 6.45) is 0. The second-order valence-corrected chi connectivity index (χ2v) is 5.23. The fourth-order valence-corrected chi connectivity index (χ4v) is 1.34. The highest BCUT2D eigenvalue weighted by Gasteiger charge is 2.17. The van der Waals surface area contributed by atoms with Gasteiger partial charge in [0, 0.05) is 18.6 Å². The maximum absolute atomic E-state index is 11.5. The highest BCUT2D eigenvalue weighted by Crippen LogP contribution is 2.22. The molecule has 4 nitrogen and oxygen atoms in total. The molecule has 0 unspecified atom stereocenters. The lowest BCUT2D eigenvalue weighted by Crippen LogP contribution is -2.38. The van der Waals surface area contributed by atoms with E-state index < -0.39 is 0 Å². The monoisotopic (exact) mass is 271 g/mol. The summed E-state index contributed by atoms with van der Waals surface area (Å²) in [5.74, 6) is 0.243. The van der Waals surface area contributed by atoms with Gasteiger partial charge in [-0.15, -0.1) is 0 Å². The standard InChI is InChI=1S/C13H18ClNO3/c1-13(2,9-16)8-15-12(17)7-18-11-6-4-3-5-10(11)14/h3-6,16H,7-9H2,1-2H3,(H,15,17). The molecule has 1 aromatic carbocycles. The van der Waals surface area contributed by atoms with Gasteiger partial charge in [-0.25, -0.2) is 0 Å². The third-order valence-corrected chi connectivity index (χ3v) is 2.70. The minimum atomic E-state index is -0.333. The summed E-state index contributed by atoms with van der Waals surface area (Å²) < 4.78 is 5.29. The van der Waals surface area contributed by atoms with E-state index >= 15 is 0 Å². The molecular formula is C13H18ClNO3. The van der Waals surface area contributed by atoms with E-state index in [1.54, 1.807) is 24.3 Å². The van der Waals surface area contributed by atoms with Crippen molar-refractivity contribution in [2.24, 2.45) is 5.41 Å². The zero-order valence-electron chi connectivity index (χ0n) is 10.6. The largest absolute Gasteiger partial charge is 0.482 e. The number of carbonyl (C=O) groups is 1. The molecule has 0 radical (unpaired) electrons. The number of para-hydroxylation sites is 1. The molecule has 1 aromatic rings. The topological polar surface area (TPSA) is 58.6 Å². The molecule has 0 atom stereocenters. The lowest BCUT2D eigenvalue weighted by molar-refractivity contribution is -0.123. The van der Waals surface area contributed by atoms with Crippen molar-refractivity contribution in [2.75, 3.05) is 19.8 Å². The quantitative estimate of drug-likeness (QED) is 0.830. The Labute approximate surface area is 112 Å². The van der Waals surface area contributed by atoms with Crippen molar-refractivity contribution < 1.29 is 14.6 Å². The molecule has 18 heavy (non-hydrogen) atoms. The van der Waals surface area contributed by atoms with Gasteiger partial charge in [0.1, 0.15) is 5.75 Å². The molecule has 1 rings (SSSR count). The molecule has 0 aromatic heterocycles. The van der Waals surface area contributed by atoms with Gasteiger partial charge in [0.25, 0.3) is 5.91 Å². The Morgan fingerprint density at radius 1 is 1.44 bits per heavy atom. The van der Waals surface area contributed by atoms with Gasteiger partial charge in [0.2, 0.25) is 0 Å². The molecule has 0 aliphatic heterocycles. The van der Waals surface area contributed by atoms with E-state index in [0.29, 0.717) is 17.3 Å². The number of halogens is 1. The highest BCUT2D eigenvalue weighted by molar-refractivity contribution is 6.32. The van der Waals surface area contributed by atoms with Crippen molar-refractivity contribution in [3.63, 3.8) is 0 Å². The Morgan fingerprint density at radius 2 is 2.11 bits per heavy atom. The van der Waals surface area contributed by atoms with Crippen LogP contribution in [-0.2, 0) is 4.79 Å². The lowest BCUT2D eigenvalue weighted by Gasteiger charge is -2.21. The van der Waals surface area contributed by atoms with Crippen LogP contribution in [-0.4, -0.2) is 30.8 Å². The van der Waals surface area contributed by atoms with Gasteiger partial charge >= 0.3 is 0 Å². The van der Waals surface area contributed by atoms with E-state index in [-0.39, 0.29) is 24.5 Å². The minimum absolute atomic E-state index is 0.0126. The van der Waals surface area contributed by atoms with Crippen LogP contribution in [0.25, 0.3) is 0 Å². The average molecular weight is 272 g/mol. The maximum atomic E-state index is 11.5. The van der Waals surface area contributed by atoms with Gasteiger partial charge in [-0.1, -0.05) is 37.6 Å². The second-order valence-electron chi connectivity index (χ2n) is 4.82. The molecule has 1 amide bonds. The van der Waals surface area contributed by atoms with Crippen LogP contribution >= 0.6 is 11.6 Å². The molecular weight excluding hydrogens is 254 g/mol. The fraction of sp³-hybridized carbons (Fsp3) is 0.462. The first-order valence-electron chi connectivity index (χ1n) is 5.69. The summed E-state index contributed by atoms with van der Waals surface area (Å²) in [6, 6.07) is 6.98. The number of amides is 1. The Bertz CT molecular complexity index is 407. The second kappa shape index (κ2) is 6.61. The van der Waals surface area contributed by atoms with Crippen molar-refractivity contribution in [2.45, 2.75) is 13.8 Å². The van der Waals surface area contributed by atoms with Gasteiger partial charge in [0.15, 0.2) is 6.61 Å². The number of aliphatic hydroxyl groups is 1. The van der Waals surface area contributed by atoms with Crippen molar-refractivity contribution >= 4 is 17.5 Å². The van der Waals surface area contributed by atoms with E-state index in [0.717, 1.165) is 0 Å². The Morgan fingerprint density at radius 3 is 2.72 bits per heavy atom. The number of nitrogens with one attached hydrogen (secondary N) is 1. The normalized spacial score (nSPS) is 11.1. The SMILES string of the molecule is CC(C)(CO)CNC(=O)COc1ccccc1Cl. The Balaban J connectivity index is 2.36. The van der Waals surface area contributed by atoms with Crippen LogP contribution in [0.1, 0.15) is 13.8 Å². The number of rotatable bonds is 6. The van der Waals surface area contributed by atoms with E-state index in [2.05, 4.69) is 5.32 Å².